The molecule has 0 spiro atoms. The lowest BCUT2D eigenvalue weighted by Crippen LogP contribution is -2.02. The van der Waals surface area contributed by atoms with Gasteiger partial charge >= 0.3 is 5.97 Å². The second-order valence-electron chi connectivity index (χ2n) is 3.66. The fourth-order valence-corrected chi connectivity index (χ4v) is 1.52. The molecule has 1 aromatic heterocycles. The number of furan rings is 1. The minimum Gasteiger partial charge on any atom is -0.475 e. The monoisotopic (exact) mass is 250 g/mol. The molecule has 1 heterocycles. The van der Waals surface area contributed by atoms with Gasteiger partial charge in [-0.1, -0.05) is 18.2 Å². The lowest BCUT2D eigenvalue weighted by molar-refractivity contribution is 0.0645. The number of carboxylic acid groups (broad SMARTS) is 1. The van der Waals surface area contributed by atoms with E-state index in [9.17, 15) is 9.18 Å². The summed E-state index contributed by atoms with van der Waals surface area (Å²) in [4.78, 5) is 10.8. The molecule has 0 radical (unpaired) electrons. The fraction of sp³-hybridized carbons (Fsp3) is 0.154. The van der Waals surface area contributed by atoms with Gasteiger partial charge in [-0.25, -0.2) is 9.18 Å². The number of carbonyl (C=O) groups is 1. The van der Waals surface area contributed by atoms with Crippen molar-refractivity contribution in [3.05, 3.63) is 59.3 Å². The van der Waals surface area contributed by atoms with Gasteiger partial charge in [0.1, 0.15) is 5.82 Å². The molecule has 18 heavy (non-hydrogen) atoms. The van der Waals surface area contributed by atoms with Gasteiger partial charge in [0.2, 0.25) is 5.76 Å². The maximum Gasteiger partial charge on any atom is 0.372 e. The van der Waals surface area contributed by atoms with Gasteiger partial charge in [0, 0.05) is 11.1 Å². The molecule has 2 aromatic rings. The Hall–Kier alpha value is -2.14. The van der Waals surface area contributed by atoms with Crippen LogP contribution in [0.2, 0.25) is 0 Å². The second-order valence-corrected chi connectivity index (χ2v) is 3.66. The van der Waals surface area contributed by atoms with Crippen LogP contribution < -0.4 is 0 Å². The first-order valence-electron chi connectivity index (χ1n) is 5.29. The average molecular weight is 250 g/mol. The summed E-state index contributed by atoms with van der Waals surface area (Å²) in [6, 6.07) is 7.78. The molecule has 2 rings (SSSR count). The zero-order chi connectivity index (χ0) is 13.0. The molecule has 94 valence electrons. The highest BCUT2D eigenvalue weighted by molar-refractivity contribution is 5.85. The zero-order valence-electron chi connectivity index (χ0n) is 9.43. The van der Waals surface area contributed by atoms with E-state index in [0.717, 1.165) is 0 Å². The zero-order valence-corrected chi connectivity index (χ0v) is 9.43. The molecule has 0 saturated heterocycles. The molecule has 0 atom stereocenters. The molecule has 1 N–H and O–H groups in total. The summed E-state index contributed by atoms with van der Waals surface area (Å²) >= 11 is 0. The van der Waals surface area contributed by atoms with Gasteiger partial charge < -0.3 is 14.3 Å². The van der Waals surface area contributed by atoms with Gasteiger partial charge in [-0.3, -0.25) is 0 Å². The van der Waals surface area contributed by atoms with Crippen molar-refractivity contribution in [1.82, 2.24) is 0 Å². The molecule has 0 aliphatic heterocycles. The van der Waals surface area contributed by atoms with Gasteiger partial charge in [0.15, 0.2) is 0 Å². The number of aromatic carboxylic acids is 1. The molecule has 0 fully saturated rings. The highest BCUT2D eigenvalue weighted by Gasteiger charge is 2.13. The minimum atomic E-state index is -1.15. The first-order chi connectivity index (χ1) is 8.68. The molecular weight excluding hydrogens is 239 g/mol. The summed E-state index contributed by atoms with van der Waals surface area (Å²) in [6.45, 7) is 0.142. The Morgan fingerprint density at radius 2 is 1.94 bits per heavy atom. The van der Waals surface area contributed by atoms with Crippen molar-refractivity contribution < 1.29 is 23.4 Å². The summed E-state index contributed by atoms with van der Waals surface area (Å²) in [6.07, 6.45) is 1.28. The Morgan fingerprint density at radius 3 is 2.67 bits per heavy atom. The molecule has 0 saturated carbocycles. The normalized spacial score (nSPS) is 10.5. The Bertz CT molecular complexity index is 547. The third-order valence-corrected chi connectivity index (χ3v) is 2.41. The smallest absolute Gasteiger partial charge is 0.372 e. The maximum atomic E-state index is 13.3. The molecular formula is C13H11FO4. The topological polar surface area (TPSA) is 59.7 Å². The molecule has 0 aliphatic rings. The van der Waals surface area contributed by atoms with Crippen LogP contribution in [0.5, 0.6) is 0 Å². The lowest BCUT2D eigenvalue weighted by atomic mass is 10.2. The second kappa shape index (κ2) is 5.46. The SMILES string of the molecule is O=C(O)c1occc1COCc1ccccc1F. The number of hydrogen-bond acceptors (Lipinski definition) is 3. The molecule has 5 heteroatoms. The summed E-state index contributed by atoms with van der Waals surface area (Å²) in [7, 11) is 0. The van der Waals surface area contributed by atoms with E-state index in [1.807, 2.05) is 0 Å². The highest BCUT2D eigenvalue weighted by atomic mass is 19.1. The summed E-state index contributed by atoms with van der Waals surface area (Å²) < 4.78 is 23.3. The van der Waals surface area contributed by atoms with Crippen molar-refractivity contribution in [2.24, 2.45) is 0 Å². The van der Waals surface area contributed by atoms with Gasteiger partial charge in [0.25, 0.3) is 0 Å². The first-order valence-corrected chi connectivity index (χ1v) is 5.29. The summed E-state index contributed by atoms with van der Waals surface area (Å²) in [5.41, 5.74) is 0.858. The number of benzene rings is 1. The number of hydrogen-bond donors (Lipinski definition) is 1. The van der Waals surface area contributed by atoms with Crippen LogP contribution in [0.15, 0.2) is 41.0 Å². The average Bonchev–Trinajstić information content (AvgIpc) is 2.80. The third kappa shape index (κ3) is 2.75. The van der Waals surface area contributed by atoms with Crippen molar-refractivity contribution in [1.29, 1.82) is 0 Å². The molecule has 0 amide bonds. The number of ether oxygens (including phenoxy) is 1. The predicted octanol–water partition coefficient (Wildman–Crippen LogP) is 2.83. The summed E-state index contributed by atoms with van der Waals surface area (Å²) in [5.74, 6) is -1.64. The van der Waals surface area contributed by atoms with E-state index in [-0.39, 0.29) is 24.8 Å². The van der Waals surface area contributed by atoms with Crippen LogP contribution in [0.1, 0.15) is 21.7 Å². The van der Waals surface area contributed by atoms with Crippen molar-refractivity contribution in [3.63, 3.8) is 0 Å². The predicted molar refractivity (Wildman–Crippen MR) is 60.6 cm³/mol. The van der Waals surface area contributed by atoms with Crippen LogP contribution in [-0.4, -0.2) is 11.1 Å². The molecule has 1 aromatic carbocycles. The van der Waals surface area contributed by atoms with Crippen molar-refractivity contribution >= 4 is 5.97 Å². The van der Waals surface area contributed by atoms with E-state index in [1.165, 1.54) is 18.4 Å². The third-order valence-electron chi connectivity index (χ3n) is 2.41. The van der Waals surface area contributed by atoms with Gasteiger partial charge in [-0.2, -0.15) is 0 Å². The highest BCUT2D eigenvalue weighted by Crippen LogP contribution is 2.14. The Labute approximate surface area is 103 Å². The first kappa shape index (κ1) is 12.3. The van der Waals surface area contributed by atoms with Gasteiger partial charge in [-0.15, -0.1) is 0 Å². The lowest BCUT2D eigenvalue weighted by Gasteiger charge is -2.04. The molecule has 0 bridgehead atoms. The van der Waals surface area contributed by atoms with Gasteiger partial charge in [0.05, 0.1) is 19.5 Å². The maximum absolute atomic E-state index is 13.3. The minimum absolute atomic E-state index is 0.0620. The molecule has 0 unspecified atom stereocenters. The molecule has 4 nitrogen and oxygen atoms in total. The van der Waals surface area contributed by atoms with Crippen LogP contribution in [0, 0.1) is 5.82 Å². The van der Waals surface area contributed by atoms with E-state index < -0.39 is 5.97 Å². The van der Waals surface area contributed by atoms with E-state index in [4.69, 9.17) is 14.3 Å². The largest absolute Gasteiger partial charge is 0.475 e. The summed E-state index contributed by atoms with van der Waals surface area (Å²) in [5, 5.41) is 8.81. The Morgan fingerprint density at radius 1 is 1.22 bits per heavy atom. The fourth-order valence-electron chi connectivity index (χ4n) is 1.52. The van der Waals surface area contributed by atoms with Crippen LogP contribution in [0.4, 0.5) is 4.39 Å². The standard InChI is InChI=1S/C13H11FO4/c14-11-4-2-1-3-9(11)7-17-8-10-5-6-18-12(10)13(15)16/h1-6H,7-8H2,(H,15,16). The number of carboxylic acids is 1. The van der Waals surface area contributed by atoms with E-state index >= 15 is 0 Å². The number of rotatable bonds is 5. The van der Waals surface area contributed by atoms with Crippen LogP contribution in [-0.2, 0) is 18.0 Å². The van der Waals surface area contributed by atoms with E-state index in [2.05, 4.69) is 0 Å². The van der Waals surface area contributed by atoms with E-state index in [1.54, 1.807) is 18.2 Å². The van der Waals surface area contributed by atoms with Crippen molar-refractivity contribution in [2.75, 3.05) is 0 Å². The van der Waals surface area contributed by atoms with Crippen molar-refractivity contribution in [3.8, 4) is 0 Å². The van der Waals surface area contributed by atoms with Crippen molar-refractivity contribution in [2.45, 2.75) is 13.2 Å². The number of halogens is 1. The molecule has 0 aliphatic carbocycles. The van der Waals surface area contributed by atoms with Gasteiger partial charge in [-0.05, 0) is 12.1 Å². The van der Waals surface area contributed by atoms with E-state index in [0.29, 0.717) is 11.1 Å². The van der Waals surface area contributed by atoms with Crippen LogP contribution in [0.3, 0.4) is 0 Å². The Balaban J connectivity index is 1.95. The Kier molecular flexibility index (Phi) is 3.74. The quantitative estimate of drug-likeness (QED) is 0.886. The van der Waals surface area contributed by atoms with Crippen LogP contribution >= 0.6 is 0 Å². The van der Waals surface area contributed by atoms with Crippen LogP contribution in [0.25, 0.3) is 0 Å².